The molecule has 1 fully saturated rings. The van der Waals surface area contributed by atoms with Crippen LogP contribution in [0.5, 0.6) is 5.75 Å². The Balaban J connectivity index is 1.52. The SMILES string of the molecule is CCOc1cccc(CNC(=O)c2ccc3ncnc(N4CCOCC4)c3c2)c1. The van der Waals surface area contributed by atoms with Crippen molar-refractivity contribution in [1.29, 1.82) is 0 Å². The molecule has 2 aromatic carbocycles. The quantitative estimate of drug-likeness (QED) is 0.695. The molecule has 0 spiro atoms. The predicted octanol–water partition coefficient (Wildman–Crippen LogP) is 2.80. The number of morpholine rings is 1. The van der Waals surface area contributed by atoms with E-state index in [0.29, 0.717) is 31.9 Å². The first-order valence-electron chi connectivity index (χ1n) is 9.82. The summed E-state index contributed by atoms with van der Waals surface area (Å²) in [7, 11) is 0. The van der Waals surface area contributed by atoms with Crippen LogP contribution in [0.2, 0.25) is 0 Å². The van der Waals surface area contributed by atoms with E-state index in [-0.39, 0.29) is 5.91 Å². The maximum atomic E-state index is 12.7. The van der Waals surface area contributed by atoms with Crippen LogP contribution in [0.4, 0.5) is 5.82 Å². The van der Waals surface area contributed by atoms with Crippen molar-refractivity contribution in [2.75, 3.05) is 37.8 Å². The van der Waals surface area contributed by atoms with Gasteiger partial charge in [-0.1, -0.05) is 12.1 Å². The number of fused-ring (bicyclic) bond motifs is 1. The number of ether oxygens (including phenoxy) is 2. The number of rotatable bonds is 6. The maximum Gasteiger partial charge on any atom is 0.251 e. The molecule has 1 aliphatic heterocycles. The highest BCUT2D eigenvalue weighted by Gasteiger charge is 2.17. The fraction of sp³-hybridized carbons (Fsp3) is 0.318. The normalized spacial score (nSPS) is 14.0. The van der Waals surface area contributed by atoms with Crippen LogP contribution >= 0.6 is 0 Å². The Labute approximate surface area is 169 Å². The van der Waals surface area contributed by atoms with Crippen molar-refractivity contribution in [3.8, 4) is 5.75 Å². The van der Waals surface area contributed by atoms with Crippen molar-refractivity contribution >= 4 is 22.6 Å². The van der Waals surface area contributed by atoms with Gasteiger partial charge < -0.3 is 19.7 Å². The third-order valence-electron chi connectivity index (χ3n) is 4.85. The monoisotopic (exact) mass is 392 g/mol. The Hall–Kier alpha value is -3.19. The fourth-order valence-corrected chi connectivity index (χ4v) is 3.41. The summed E-state index contributed by atoms with van der Waals surface area (Å²) in [6, 6.07) is 13.3. The number of nitrogens with zero attached hydrogens (tertiary/aromatic N) is 3. The second-order valence-electron chi connectivity index (χ2n) is 6.79. The lowest BCUT2D eigenvalue weighted by Gasteiger charge is -2.28. The van der Waals surface area contributed by atoms with Crippen LogP contribution in [0.1, 0.15) is 22.8 Å². The molecule has 7 nitrogen and oxygen atoms in total. The van der Waals surface area contributed by atoms with Gasteiger partial charge in [0.15, 0.2) is 0 Å². The van der Waals surface area contributed by atoms with Crippen LogP contribution in [-0.4, -0.2) is 48.8 Å². The number of aromatic nitrogens is 2. The van der Waals surface area contributed by atoms with Gasteiger partial charge in [-0.3, -0.25) is 4.79 Å². The van der Waals surface area contributed by atoms with Crippen LogP contribution in [0.3, 0.4) is 0 Å². The molecule has 0 bridgehead atoms. The predicted molar refractivity (Wildman–Crippen MR) is 111 cm³/mol. The van der Waals surface area contributed by atoms with Gasteiger partial charge in [-0.05, 0) is 42.8 Å². The van der Waals surface area contributed by atoms with Crippen molar-refractivity contribution in [3.05, 3.63) is 59.9 Å². The molecule has 1 aromatic heterocycles. The molecule has 0 saturated carbocycles. The van der Waals surface area contributed by atoms with Crippen molar-refractivity contribution in [2.24, 2.45) is 0 Å². The Morgan fingerprint density at radius 1 is 1.17 bits per heavy atom. The topological polar surface area (TPSA) is 76.6 Å². The highest BCUT2D eigenvalue weighted by Crippen LogP contribution is 2.25. The first-order chi connectivity index (χ1) is 14.2. The first-order valence-corrected chi connectivity index (χ1v) is 9.82. The van der Waals surface area contributed by atoms with E-state index in [4.69, 9.17) is 9.47 Å². The van der Waals surface area contributed by atoms with Crippen LogP contribution in [-0.2, 0) is 11.3 Å². The molecule has 0 unspecified atom stereocenters. The third-order valence-corrected chi connectivity index (χ3v) is 4.85. The highest BCUT2D eigenvalue weighted by atomic mass is 16.5. The number of amides is 1. The van der Waals surface area contributed by atoms with Crippen LogP contribution in [0, 0.1) is 0 Å². The lowest BCUT2D eigenvalue weighted by molar-refractivity contribution is 0.0951. The highest BCUT2D eigenvalue weighted by molar-refractivity contribution is 6.00. The smallest absolute Gasteiger partial charge is 0.251 e. The maximum absolute atomic E-state index is 12.7. The van der Waals surface area contributed by atoms with Gasteiger partial charge in [-0.25, -0.2) is 9.97 Å². The van der Waals surface area contributed by atoms with E-state index in [9.17, 15) is 4.79 Å². The minimum Gasteiger partial charge on any atom is -0.494 e. The van der Waals surface area contributed by atoms with Crippen LogP contribution in [0.25, 0.3) is 10.9 Å². The summed E-state index contributed by atoms with van der Waals surface area (Å²) in [6.07, 6.45) is 1.57. The zero-order valence-electron chi connectivity index (χ0n) is 16.4. The number of anilines is 1. The molecule has 150 valence electrons. The number of benzene rings is 2. The summed E-state index contributed by atoms with van der Waals surface area (Å²) in [5.74, 6) is 1.51. The lowest BCUT2D eigenvalue weighted by Crippen LogP contribution is -2.36. The van der Waals surface area contributed by atoms with Crippen molar-refractivity contribution < 1.29 is 14.3 Å². The van der Waals surface area contributed by atoms with Crippen LogP contribution in [0.15, 0.2) is 48.8 Å². The summed E-state index contributed by atoms with van der Waals surface area (Å²) in [5.41, 5.74) is 2.40. The summed E-state index contributed by atoms with van der Waals surface area (Å²) in [4.78, 5) is 23.7. The van der Waals surface area contributed by atoms with E-state index in [1.165, 1.54) is 0 Å². The van der Waals surface area contributed by atoms with Gasteiger partial charge in [-0.15, -0.1) is 0 Å². The van der Waals surface area contributed by atoms with Gasteiger partial charge in [0.2, 0.25) is 0 Å². The molecular weight excluding hydrogens is 368 g/mol. The minimum absolute atomic E-state index is 0.134. The van der Waals surface area contributed by atoms with E-state index in [0.717, 1.165) is 41.1 Å². The first kappa shape index (κ1) is 19.1. The Bertz CT molecular complexity index is 1000. The second kappa shape index (κ2) is 8.87. The van der Waals surface area contributed by atoms with E-state index in [2.05, 4.69) is 20.2 Å². The molecule has 0 atom stereocenters. The molecule has 0 radical (unpaired) electrons. The standard InChI is InChI=1S/C22H24N4O3/c1-2-29-18-5-3-4-16(12-18)14-23-22(27)17-6-7-20-19(13-17)21(25-15-24-20)26-8-10-28-11-9-26/h3-7,12-13,15H,2,8-11,14H2,1H3,(H,23,27). The number of carbonyl (C=O) groups excluding carboxylic acids is 1. The molecule has 29 heavy (non-hydrogen) atoms. The van der Waals surface area contributed by atoms with Crippen molar-refractivity contribution in [3.63, 3.8) is 0 Å². The van der Waals surface area contributed by atoms with Gasteiger partial charge in [0, 0.05) is 30.6 Å². The third kappa shape index (κ3) is 4.46. The summed E-state index contributed by atoms with van der Waals surface area (Å²) < 4.78 is 11.0. The van der Waals surface area contributed by atoms with Gasteiger partial charge in [0.1, 0.15) is 17.9 Å². The van der Waals surface area contributed by atoms with Crippen LogP contribution < -0.4 is 15.0 Å². The summed E-state index contributed by atoms with van der Waals surface area (Å²) in [5, 5.41) is 3.85. The van der Waals surface area contributed by atoms with E-state index in [1.807, 2.05) is 43.3 Å². The Morgan fingerprint density at radius 3 is 2.86 bits per heavy atom. The minimum atomic E-state index is -0.134. The Kier molecular flexibility index (Phi) is 5.86. The summed E-state index contributed by atoms with van der Waals surface area (Å²) >= 11 is 0. The van der Waals surface area contributed by atoms with Gasteiger partial charge in [0.25, 0.3) is 5.91 Å². The zero-order valence-corrected chi connectivity index (χ0v) is 16.4. The molecule has 3 aromatic rings. The second-order valence-corrected chi connectivity index (χ2v) is 6.79. The average Bonchev–Trinajstić information content (AvgIpc) is 2.78. The van der Waals surface area contributed by atoms with E-state index < -0.39 is 0 Å². The zero-order chi connectivity index (χ0) is 20.1. The summed E-state index contributed by atoms with van der Waals surface area (Å²) in [6.45, 7) is 5.89. The van der Waals surface area contributed by atoms with Crippen molar-refractivity contribution in [2.45, 2.75) is 13.5 Å². The molecule has 2 heterocycles. The molecule has 1 saturated heterocycles. The molecular formula is C22H24N4O3. The van der Waals surface area contributed by atoms with Gasteiger partial charge >= 0.3 is 0 Å². The van der Waals surface area contributed by atoms with E-state index >= 15 is 0 Å². The molecule has 0 aliphatic carbocycles. The fourth-order valence-electron chi connectivity index (χ4n) is 3.41. The molecule has 4 rings (SSSR count). The Morgan fingerprint density at radius 2 is 2.03 bits per heavy atom. The van der Waals surface area contributed by atoms with Gasteiger partial charge in [-0.2, -0.15) is 0 Å². The van der Waals surface area contributed by atoms with Gasteiger partial charge in [0.05, 0.1) is 25.3 Å². The van der Waals surface area contributed by atoms with Crippen molar-refractivity contribution in [1.82, 2.24) is 15.3 Å². The molecule has 1 N–H and O–H groups in total. The van der Waals surface area contributed by atoms with E-state index in [1.54, 1.807) is 12.4 Å². The number of hydrogen-bond acceptors (Lipinski definition) is 6. The number of hydrogen-bond donors (Lipinski definition) is 1. The number of nitrogens with one attached hydrogen (secondary N) is 1. The molecule has 1 aliphatic rings. The largest absolute Gasteiger partial charge is 0.494 e. The lowest BCUT2D eigenvalue weighted by atomic mass is 10.1. The average molecular weight is 392 g/mol. The number of carbonyl (C=O) groups is 1. The molecule has 7 heteroatoms. The molecule has 1 amide bonds.